The molecular formula is C28H42N4O2. The molecule has 1 aromatic rings. The average Bonchev–Trinajstić information content (AvgIpc) is 3.04. The molecule has 186 valence electrons. The lowest BCUT2D eigenvalue weighted by molar-refractivity contribution is -0.126. The quantitative estimate of drug-likeness (QED) is 0.568. The molecule has 2 saturated heterocycles. The van der Waals surface area contributed by atoms with Gasteiger partial charge in [-0.25, -0.2) is 4.98 Å². The Labute approximate surface area is 205 Å². The van der Waals surface area contributed by atoms with Crippen LogP contribution < -0.4 is 5.32 Å². The molecule has 0 bridgehead atoms. The second kappa shape index (κ2) is 12.0. The zero-order valence-electron chi connectivity index (χ0n) is 21.3. The summed E-state index contributed by atoms with van der Waals surface area (Å²) >= 11 is 0. The van der Waals surface area contributed by atoms with E-state index in [2.05, 4.69) is 59.3 Å². The number of oxazole rings is 1. The average molecular weight is 467 g/mol. The molecule has 2 aliphatic heterocycles. The van der Waals surface area contributed by atoms with Crippen LogP contribution in [0.15, 0.2) is 40.4 Å². The highest BCUT2D eigenvalue weighted by Gasteiger charge is 2.26. The van der Waals surface area contributed by atoms with E-state index in [1.807, 2.05) is 6.92 Å². The fourth-order valence-electron chi connectivity index (χ4n) is 5.32. The molecule has 0 radical (unpaired) electrons. The van der Waals surface area contributed by atoms with Crippen molar-refractivity contribution in [1.82, 2.24) is 20.1 Å². The molecule has 3 aliphatic rings. The van der Waals surface area contributed by atoms with E-state index >= 15 is 0 Å². The largest absolute Gasteiger partial charge is 0.445 e. The number of carbonyl (C=O) groups is 1. The molecule has 6 heteroatoms. The van der Waals surface area contributed by atoms with Gasteiger partial charge in [0.25, 0.3) is 0 Å². The first-order valence-electron chi connectivity index (χ1n) is 13.2. The van der Waals surface area contributed by atoms with Crippen molar-refractivity contribution >= 4 is 5.91 Å². The van der Waals surface area contributed by atoms with E-state index in [0.717, 1.165) is 75.2 Å². The van der Waals surface area contributed by atoms with Crippen LogP contribution in [0, 0.1) is 18.8 Å². The number of hydrogen-bond donors (Lipinski definition) is 1. The van der Waals surface area contributed by atoms with Gasteiger partial charge in [-0.15, -0.1) is 0 Å². The molecule has 0 spiro atoms. The van der Waals surface area contributed by atoms with Gasteiger partial charge in [-0.2, -0.15) is 0 Å². The topological polar surface area (TPSA) is 61.6 Å². The number of amides is 1. The minimum absolute atomic E-state index is 0.0777. The van der Waals surface area contributed by atoms with Gasteiger partial charge in [0, 0.05) is 25.6 Å². The maximum absolute atomic E-state index is 12.7. The third-order valence-corrected chi connectivity index (χ3v) is 7.46. The van der Waals surface area contributed by atoms with Crippen LogP contribution in [-0.4, -0.2) is 60.0 Å². The molecule has 1 aliphatic carbocycles. The van der Waals surface area contributed by atoms with Crippen molar-refractivity contribution in [2.75, 3.05) is 39.3 Å². The zero-order valence-corrected chi connectivity index (χ0v) is 21.3. The molecular weight excluding hydrogens is 424 g/mol. The second-order valence-electron chi connectivity index (χ2n) is 10.5. The van der Waals surface area contributed by atoms with Crippen molar-refractivity contribution in [1.29, 1.82) is 0 Å². The van der Waals surface area contributed by atoms with E-state index in [-0.39, 0.29) is 17.7 Å². The van der Waals surface area contributed by atoms with Crippen LogP contribution >= 0.6 is 0 Å². The number of hydrogen-bond acceptors (Lipinski definition) is 5. The number of rotatable bonds is 8. The van der Waals surface area contributed by atoms with Crippen molar-refractivity contribution in [3.8, 4) is 0 Å². The van der Waals surface area contributed by atoms with Crippen LogP contribution in [0.3, 0.4) is 0 Å². The van der Waals surface area contributed by atoms with E-state index < -0.39 is 0 Å². The van der Waals surface area contributed by atoms with Gasteiger partial charge in [-0.1, -0.05) is 42.9 Å². The molecule has 34 heavy (non-hydrogen) atoms. The normalized spacial score (nSPS) is 24.7. The summed E-state index contributed by atoms with van der Waals surface area (Å²) in [5.74, 6) is 2.92. The fourth-order valence-corrected chi connectivity index (χ4v) is 5.32. The number of aryl methyl sites for hydroxylation is 1. The Morgan fingerprint density at radius 2 is 1.97 bits per heavy atom. The van der Waals surface area contributed by atoms with Crippen LogP contribution in [0.1, 0.15) is 69.2 Å². The van der Waals surface area contributed by atoms with Gasteiger partial charge in [0.15, 0.2) is 0 Å². The Kier molecular flexibility index (Phi) is 8.79. The molecule has 1 amide bonds. The summed E-state index contributed by atoms with van der Waals surface area (Å²) in [6.07, 6.45) is 16.1. The smallest absolute Gasteiger partial charge is 0.223 e. The lowest BCUT2D eigenvalue weighted by Crippen LogP contribution is -2.41. The summed E-state index contributed by atoms with van der Waals surface area (Å²) in [7, 11) is 0. The van der Waals surface area contributed by atoms with Crippen molar-refractivity contribution in [3.05, 3.63) is 53.3 Å². The molecule has 6 nitrogen and oxygen atoms in total. The monoisotopic (exact) mass is 466 g/mol. The van der Waals surface area contributed by atoms with Gasteiger partial charge >= 0.3 is 0 Å². The summed E-state index contributed by atoms with van der Waals surface area (Å²) in [5, 5.41) is 3.20. The first-order valence-corrected chi connectivity index (χ1v) is 13.2. The highest BCUT2D eigenvalue weighted by molar-refractivity contribution is 5.78. The molecule has 0 saturated carbocycles. The molecule has 2 unspecified atom stereocenters. The second-order valence-corrected chi connectivity index (χ2v) is 10.5. The third kappa shape index (κ3) is 6.92. The summed E-state index contributed by atoms with van der Waals surface area (Å²) < 4.78 is 6.02. The van der Waals surface area contributed by atoms with Gasteiger partial charge in [-0.3, -0.25) is 9.69 Å². The Hall–Kier alpha value is -2.18. The first-order chi connectivity index (χ1) is 16.5. The summed E-state index contributed by atoms with van der Waals surface area (Å²) in [6, 6.07) is 0. The fraction of sp³-hybridized carbons (Fsp3) is 0.643. The number of carbonyl (C=O) groups excluding carboxylic acids is 1. The van der Waals surface area contributed by atoms with E-state index in [4.69, 9.17) is 9.40 Å². The van der Waals surface area contributed by atoms with Gasteiger partial charge < -0.3 is 14.6 Å². The lowest BCUT2D eigenvalue weighted by atomic mass is 9.95. The van der Waals surface area contributed by atoms with Gasteiger partial charge in [0.05, 0.1) is 11.6 Å². The number of nitrogens with one attached hydrogen (secondary N) is 1. The van der Waals surface area contributed by atoms with E-state index in [0.29, 0.717) is 0 Å². The number of nitrogens with zero attached hydrogens (tertiary/aromatic N) is 3. The first kappa shape index (κ1) is 24.9. The molecule has 1 N–H and O–H groups in total. The molecule has 2 atom stereocenters. The minimum Gasteiger partial charge on any atom is -0.445 e. The van der Waals surface area contributed by atoms with Crippen LogP contribution in [0.2, 0.25) is 0 Å². The van der Waals surface area contributed by atoms with Crippen molar-refractivity contribution < 1.29 is 9.21 Å². The minimum atomic E-state index is 0.0777. The van der Waals surface area contributed by atoms with Crippen LogP contribution in [0.4, 0.5) is 0 Å². The SMILES string of the molecule is CC1=CC=CC(c2nc(CN3CCC(C(=O)NCCCN4CCCC(C)C4)CC3)c(C)o2)C=C1. The molecule has 1 aromatic heterocycles. The molecule has 4 rings (SSSR count). The number of piperidine rings is 2. The van der Waals surface area contributed by atoms with E-state index in [1.165, 1.54) is 31.5 Å². The third-order valence-electron chi connectivity index (χ3n) is 7.46. The van der Waals surface area contributed by atoms with Gasteiger partial charge in [-0.05, 0) is 78.0 Å². The Bertz CT molecular complexity index is 908. The van der Waals surface area contributed by atoms with Crippen molar-refractivity contribution in [2.45, 2.75) is 65.3 Å². The number of aromatic nitrogens is 1. The molecule has 0 aromatic carbocycles. The van der Waals surface area contributed by atoms with Gasteiger partial charge in [0.2, 0.25) is 11.8 Å². The lowest BCUT2D eigenvalue weighted by Gasteiger charge is -2.31. The van der Waals surface area contributed by atoms with E-state index in [1.54, 1.807) is 0 Å². The summed E-state index contributed by atoms with van der Waals surface area (Å²) in [4.78, 5) is 22.4. The highest BCUT2D eigenvalue weighted by Crippen LogP contribution is 2.26. The molecule has 2 fully saturated rings. The summed E-state index contributed by atoms with van der Waals surface area (Å²) in [6.45, 7) is 13.4. The van der Waals surface area contributed by atoms with Crippen molar-refractivity contribution in [3.63, 3.8) is 0 Å². The predicted molar refractivity (Wildman–Crippen MR) is 136 cm³/mol. The van der Waals surface area contributed by atoms with Crippen molar-refractivity contribution in [2.24, 2.45) is 11.8 Å². The predicted octanol–water partition coefficient (Wildman–Crippen LogP) is 4.59. The highest BCUT2D eigenvalue weighted by atomic mass is 16.4. The van der Waals surface area contributed by atoms with Crippen LogP contribution in [-0.2, 0) is 11.3 Å². The number of allylic oxidation sites excluding steroid dienone is 6. The van der Waals surface area contributed by atoms with Gasteiger partial charge in [0.1, 0.15) is 5.76 Å². The molecule has 3 heterocycles. The standard InChI is InChI=1S/C28H42N4O2/c1-21-7-4-9-25(11-10-21)28-30-26(23(3)34-28)20-32-17-12-24(13-18-32)27(33)29-14-6-16-31-15-5-8-22(2)19-31/h4,7,9-11,22,24-25H,5-6,8,12-20H2,1-3H3,(H,29,33). The zero-order chi connectivity index (χ0) is 23.9. The van der Waals surface area contributed by atoms with Crippen LogP contribution in [0.5, 0.6) is 0 Å². The van der Waals surface area contributed by atoms with E-state index in [9.17, 15) is 4.79 Å². The Morgan fingerprint density at radius 3 is 2.76 bits per heavy atom. The van der Waals surface area contributed by atoms with Crippen LogP contribution in [0.25, 0.3) is 0 Å². The summed E-state index contributed by atoms with van der Waals surface area (Å²) in [5.41, 5.74) is 2.24. The Morgan fingerprint density at radius 1 is 1.15 bits per heavy atom. The Balaban J connectivity index is 1.17. The maximum Gasteiger partial charge on any atom is 0.223 e. The number of likely N-dealkylation sites (tertiary alicyclic amines) is 2. The maximum atomic E-state index is 12.7.